The highest BCUT2D eigenvalue weighted by molar-refractivity contribution is 6.28. The Hall–Kier alpha value is -1.74. The summed E-state index contributed by atoms with van der Waals surface area (Å²) in [4.78, 5) is 37.4. The van der Waals surface area contributed by atoms with Gasteiger partial charge >= 0.3 is 11.9 Å². The van der Waals surface area contributed by atoms with Crippen LogP contribution in [0, 0.1) is 28.6 Å². The summed E-state index contributed by atoms with van der Waals surface area (Å²) in [6.45, 7) is 10.8. The summed E-state index contributed by atoms with van der Waals surface area (Å²) in [5.74, 6) is -2.25. The lowest BCUT2D eigenvalue weighted by Crippen LogP contribution is -2.74. The van der Waals surface area contributed by atoms with Crippen LogP contribution < -0.4 is 0 Å². The largest absolute Gasteiger partial charge is 0.458 e. The van der Waals surface area contributed by atoms with Gasteiger partial charge in [0.2, 0.25) is 0 Å². The van der Waals surface area contributed by atoms with Crippen molar-refractivity contribution < 1.29 is 38.8 Å². The predicted molar refractivity (Wildman–Crippen MR) is 141 cm³/mol. The van der Waals surface area contributed by atoms with E-state index >= 15 is 0 Å². The molecule has 6 rings (SSSR count). The van der Waals surface area contributed by atoms with Gasteiger partial charge < -0.3 is 24.4 Å². The zero-order chi connectivity index (χ0) is 28.5. The second-order valence-electron chi connectivity index (χ2n) is 13.4. The Morgan fingerprint density at radius 2 is 1.92 bits per heavy atom. The fraction of sp³-hybridized carbons (Fsp3) is 0.767. The van der Waals surface area contributed by atoms with Crippen molar-refractivity contribution in [1.82, 2.24) is 0 Å². The van der Waals surface area contributed by atoms with Crippen LogP contribution in [-0.4, -0.2) is 68.4 Å². The van der Waals surface area contributed by atoms with Crippen molar-refractivity contribution in [3.63, 3.8) is 0 Å². The van der Waals surface area contributed by atoms with Crippen LogP contribution in [0.4, 0.5) is 0 Å². The van der Waals surface area contributed by atoms with E-state index in [4.69, 9.17) is 25.8 Å². The molecule has 6 aliphatic rings. The Kier molecular flexibility index (Phi) is 5.75. The normalized spacial score (nSPS) is 52.7. The van der Waals surface area contributed by atoms with Gasteiger partial charge in [-0.05, 0) is 57.4 Å². The molecule has 0 amide bonds. The Balaban J connectivity index is 1.45. The Morgan fingerprint density at radius 1 is 1.23 bits per heavy atom. The lowest BCUT2D eigenvalue weighted by Gasteiger charge is -2.66. The zero-order valence-electron chi connectivity index (χ0n) is 23.5. The number of hydrogen-bond acceptors (Lipinski definition) is 8. The monoisotopic (exact) mass is 562 g/mol. The van der Waals surface area contributed by atoms with Gasteiger partial charge in [0.05, 0.1) is 16.4 Å². The van der Waals surface area contributed by atoms with Crippen LogP contribution in [-0.2, 0) is 28.6 Å². The lowest BCUT2D eigenvalue weighted by atomic mass is 9.42. The minimum Gasteiger partial charge on any atom is -0.458 e. The van der Waals surface area contributed by atoms with E-state index in [2.05, 4.69) is 0 Å². The van der Waals surface area contributed by atoms with Crippen molar-refractivity contribution in [3.8, 4) is 0 Å². The summed E-state index contributed by atoms with van der Waals surface area (Å²) in [5.41, 5.74) is -2.95. The number of carbonyl (C=O) groups is 3. The maximum Gasteiger partial charge on any atom is 0.333 e. The Labute approximate surface area is 234 Å². The van der Waals surface area contributed by atoms with Gasteiger partial charge in [0.1, 0.15) is 23.4 Å². The third kappa shape index (κ3) is 2.99. The zero-order valence-corrected chi connectivity index (χ0v) is 24.2. The average Bonchev–Trinajstić information content (AvgIpc) is 3.59. The molecule has 8 nitrogen and oxygen atoms in total. The molecule has 2 N–H and O–H groups in total. The number of allylic oxidation sites excluding steroid dienone is 2. The van der Waals surface area contributed by atoms with Crippen LogP contribution in [0.1, 0.15) is 73.6 Å². The van der Waals surface area contributed by atoms with Crippen LogP contribution in [0.3, 0.4) is 0 Å². The van der Waals surface area contributed by atoms with Crippen LogP contribution >= 0.6 is 11.6 Å². The number of hydrogen-bond donors (Lipinski definition) is 2. The summed E-state index contributed by atoms with van der Waals surface area (Å²) >= 11 is 7.12. The van der Waals surface area contributed by atoms with Crippen molar-refractivity contribution >= 4 is 29.3 Å². The number of fused-ring (bicyclic) bond motifs is 7. The first-order chi connectivity index (χ1) is 18.1. The predicted octanol–water partition coefficient (Wildman–Crippen LogP) is 3.40. The number of halogens is 1. The molecule has 3 saturated carbocycles. The van der Waals surface area contributed by atoms with E-state index in [1.807, 2.05) is 27.7 Å². The van der Waals surface area contributed by atoms with Gasteiger partial charge in [0, 0.05) is 30.3 Å². The van der Waals surface area contributed by atoms with E-state index < -0.39 is 63.2 Å². The molecule has 4 aliphatic carbocycles. The van der Waals surface area contributed by atoms with Gasteiger partial charge in [-0.1, -0.05) is 32.4 Å². The van der Waals surface area contributed by atoms with Gasteiger partial charge in [-0.25, -0.2) is 4.79 Å². The highest BCUT2D eigenvalue weighted by Crippen LogP contribution is 2.78. The van der Waals surface area contributed by atoms with E-state index in [9.17, 15) is 24.6 Å². The molecule has 2 heterocycles. The molecule has 0 aromatic carbocycles. The van der Waals surface area contributed by atoms with Crippen molar-refractivity contribution in [2.24, 2.45) is 28.6 Å². The van der Waals surface area contributed by atoms with Gasteiger partial charge in [-0.2, -0.15) is 0 Å². The molecule has 0 unspecified atom stereocenters. The summed E-state index contributed by atoms with van der Waals surface area (Å²) in [6.07, 6.45) is 2.32. The molecule has 0 spiro atoms. The summed E-state index contributed by atoms with van der Waals surface area (Å²) in [7, 11) is 0. The molecule has 9 heteroatoms. The maximum absolute atomic E-state index is 13.5. The summed E-state index contributed by atoms with van der Waals surface area (Å²) in [5, 5.41) is 24.4. The van der Waals surface area contributed by atoms with Crippen LogP contribution in [0.25, 0.3) is 0 Å². The molecule has 0 aromatic rings. The third-order valence-corrected chi connectivity index (χ3v) is 13.0. The van der Waals surface area contributed by atoms with Crippen LogP contribution in [0.15, 0.2) is 23.3 Å². The standard InChI is InChI=1S/C30H39ClO8/c1-14-12-20(38-25(35)15(14)2)16(3)30-24(39-30)23(37-17(4)32)29(36)19-13-22(34)28(31)10-7-8-21(33)27(28,6)18(19)9-11-26(29,30)5/h7-8,16,18-20,22-24,34,36H,9-13H2,1-6H3/t16-,18+,19-,20-,22-,23+,24+,26+,27+,28+,29-,30+/m1/s1. The van der Waals surface area contributed by atoms with Crippen molar-refractivity contribution in [3.05, 3.63) is 23.3 Å². The van der Waals surface area contributed by atoms with Gasteiger partial charge in [-0.15, -0.1) is 11.6 Å². The molecule has 39 heavy (non-hydrogen) atoms. The highest BCUT2D eigenvalue weighted by Gasteiger charge is 2.90. The molecular formula is C30H39ClO8. The van der Waals surface area contributed by atoms with Crippen LogP contribution in [0.5, 0.6) is 0 Å². The second kappa shape index (κ2) is 8.17. The minimum absolute atomic E-state index is 0.150. The molecule has 4 fully saturated rings. The molecule has 214 valence electrons. The first kappa shape index (κ1) is 27.4. The molecule has 0 bridgehead atoms. The lowest BCUT2D eigenvalue weighted by molar-refractivity contribution is -0.270. The molecule has 12 atom stereocenters. The smallest absolute Gasteiger partial charge is 0.333 e. The number of rotatable bonds is 3. The van der Waals surface area contributed by atoms with E-state index in [0.717, 1.165) is 5.57 Å². The SMILES string of the molecule is CC(=O)O[C@H]1[C@@H]2O[C@]2([C@H](C)[C@H]2CC(C)=C(C)C(=O)O2)[C@@]2(C)CC[C@H]3[C@@H](C[C@@H](O)[C@@]4(Cl)CC=CC(=O)[C@]34C)[C@@]12O. The summed E-state index contributed by atoms with van der Waals surface area (Å²) in [6, 6.07) is 0. The van der Waals surface area contributed by atoms with Gasteiger partial charge in [-0.3, -0.25) is 9.59 Å². The van der Waals surface area contributed by atoms with Crippen molar-refractivity contribution in [2.75, 3.05) is 0 Å². The minimum atomic E-state index is -1.60. The van der Waals surface area contributed by atoms with E-state index in [1.165, 1.54) is 6.92 Å². The first-order valence-electron chi connectivity index (χ1n) is 14.1. The number of cyclic esters (lactones) is 1. The van der Waals surface area contributed by atoms with Crippen LogP contribution in [0.2, 0.25) is 0 Å². The number of esters is 2. The van der Waals surface area contributed by atoms with E-state index in [-0.39, 0.29) is 30.0 Å². The molecule has 0 radical (unpaired) electrons. The fourth-order valence-corrected chi connectivity index (χ4v) is 10.2. The number of epoxide rings is 1. The number of aliphatic hydroxyl groups is 2. The fourth-order valence-electron chi connectivity index (χ4n) is 9.75. The topological polar surface area (TPSA) is 123 Å². The maximum atomic E-state index is 13.5. The molecule has 2 aliphatic heterocycles. The van der Waals surface area contributed by atoms with Gasteiger partial charge in [0.15, 0.2) is 11.9 Å². The number of carbonyl (C=O) groups excluding carboxylic acids is 3. The third-order valence-electron chi connectivity index (χ3n) is 12.2. The highest BCUT2D eigenvalue weighted by atomic mass is 35.5. The summed E-state index contributed by atoms with van der Waals surface area (Å²) < 4.78 is 18.2. The Morgan fingerprint density at radius 3 is 2.56 bits per heavy atom. The van der Waals surface area contributed by atoms with Crippen molar-refractivity contribution in [1.29, 1.82) is 0 Å². The number of ketones is 1. The van der Waals surface area contributed by atoms with Gasteiger partial charge in [0.25, 0.3) is 0 Å². The Bertz CT molecular complexity index is 1230. The molecular weight excluding hydrogens is 524 g/mol. The van der Waals surface area contributed by atoms with E-state index in [0.29, 0.717) is 31.3 Å². The van der Waals surface area contributed by atoms with Crippen molar-refractivity contribution in [2.45, 2.75) is 114 Å². The molecule has 0 aromatic heterocycles. The number of aliphatic hydroxyl groups excluding tert-OH is 1. The molecule has 1 saturated heterocycles. The second-order valence-corrected chi connectivity index (χ2v) is 14.1. The quantitative estimate of drug-likeness (QED) is 0.305. The number of alkyl halides is 1. The number of ether oxygens (including phenoxy) is 3. The first-order valence-corrected chi connectivity index (χ1v) is 14.5. The average molecular weight is 563 g/mol. The van der Waals surface area contributed by atoms with E-state index in [1.54, 1.807) is 19.1 Å².